The van der Waals surface area contributed by atoms with Crippen LogP contribution in [0.5, 0.6) is 0 Å². The number of benzene rings is 9. The lowest BCUT2D eigenvalue weighted by Gasteiger charge is -2.26. The highest BCUT2D eigenvalue weighted by atomic mass is 16.3. The normalized spacial score (nSPS) is 11.4. The Morgan fingerprint density at radius 3 is 1.53 bits per heavy atom. The van der Waals surface area contributed by atoms with Gasteiger partial charge in [-0.2, -0.15) is 0 Å². The number of anilines is 3. The summed E-state index contributed by atoms with van der Waals surface area (Å²) in [4.78, 5) is 12.6. The molecule has 11 aromatic rings. The van der Waals surface area contributed by atoms with Crippen LogP contribution in [0.1, 0.15) is 0 Å². The molecule has 0 fully saturated rings. The molecular weight excluding hydrogens is 707 g/mol. The fourth-order valence-corrected chi connectivity index (χ4v) is 8.23. The van der Waals surface area contributed by atoms with Crippen LogP contribution in [0.15, 0.2) is 217 Å². The molecule has 4 nitrogen and oxygen atoms in total. The minimum atomic E-state index is 0.674. The Hall–Kier alpha value is -7.82. The first-order valence-electron chi connectivity index (χ1n) is 19.6. The fourth-order valence-electron chi connectivity index (χ4n) is 8.23. The standard InChI is InChI=1S/C54H35N3O/c1-4-14-36(15-5-1)38-24-29-43(30-25-38)57(44-31-26-39(27-32-44)37-16-6-2-7-17-37)49-35-41-20-10-11-21-45(41)51-47-34-42(28-33-50(47)58-53(49)51)54-55-48-23-13-12-22-46(48)52(56-54)40-18-8-3-9-19-40/h1-35H. The Morgan fingerprint density at radius 1 is 0.379 bits per heavy atom. The molecule has 0 unspecified atom stereocenters. The maximum atomic E-state index is 6.97. The van der Waals surface area contributed by atoms with E-state index in [0.717, 1.165) is 88.6 Å². The smallest absolute Gasteiger partial charge is 0.160 e. The van der Waals surface area contributed by atoms with Crippen LogP contribution in [0.25, 0.3) is 88.5 Å². The third kappa shape index (κ3) is 5.87. The highest BCUT2D eigenvalue weighted by Gasteiger charge is 2.23. The average Bonchev–Trinajstić information content (AvgIpc) is 3.70. The third-order valence-corrected chi connectivity index (χ3v) is 11.1. The number of aromatic nitrogens is 2. The predicted molar refractivity (Wildman–Crippen MR) is 241 cm³/mol. The summed E-state index contributed by atoms with van der Waals surface area (Å²) in [6.45, 7) is 0. The first kappa shape index (κ1) is 33.5. The summed E-state index contributed by atoms with van der Waals surface area (Å²) < 4.78 is 6.97. The van der Waals surface area contributed by atoms with Crippen LogP contribution < -0.4 is 4.90 Å². The lowest BCUT2D eigenvalue weighted by Crippen LogP contribution is -2.10. The van der Waals surface area contributed by atoms with Gasteiger partial charge < -0.3 is 9.32 Å². The molecule has 0 bridgehead atoms. The summed E-state index contributed by atoms with van der Waals surface area (Å²) in [6, 6.07) is 74.4. The van der Waals surface area contributed by atoms with E-state index in [2.05, 4.69) is 199 Å². The number of para-hydroxylation sites is 1. The van der Waals surface area contributed by atoms with E-state index >= 15 is 0 Å². The van der Waals surface area contributed by atoms with Crippen LogP contribution in [0.2, 0.25) is 0 Å². The quantitative estimate of drug-likeness (QED) is 0.163. The molecule has 11 rings (SSSR count). The molecule has 0 aliphatic rings. The van der Waals surface area contributed by atoms with Crippen LogP contribution in [-0.2, 0) is 0 Å². The van der Waals surface area contributed by atoms with Gasteiger partial charge in [0.05, 0.1) is 16.9 Å². The topological polar surface area (TPSA) is 42.2 Å². The molecule has 0 amide bonds. The van der Waals surface area contributed by atoms with E-state index in [-0.39, 0.29) is 0 Å². The molecule has 0 aliphatic carbocycles. The zero-order valence-corrected chi connectivity index (χ0v) is 31.5. The molecule has 58 heavy (non-hydrogen) atoms. The Bertz CT molecular complexity index is 3170. The zero-order chi connectivity index (χ0) is 38.4. The lowest BCUT2D eigenvalue weighted by molar-refractivity contribution is 0.669. The van der Waals surface area contributed by atoms with Crippen molar-refractivity contribution >= 4 is 60.7 Å². The summed E-state index contributed by atoms with van der Waals surface area (Å²) >= 11 is 0. The SMILES string of the molecule is c1ccc(-c2ccc(N(c3ccc(-c4ccccc4)cc3)c3cc4ccccc4c4c3oc3ccc(-c5nc(-c6ccccc6)c6ccccc6n5)cc34)cc2)cc1. The molecule has 0 aliphatic heterocycles. The van der Waals surface area contributed by atoms with Gasteiger partial charge in [0.15, 0.2) is 11.4 Å². The molecule has 2 heterocycles. The summed E-state index contributed by atoms with van der Waals surface area (Å²) in [5, 5.41) is 5.35. The van der Waals surface area contributed by atoms with Gasteiger partial charge in [-0.25, -0.2) is 9.97 Å². The molecule has 0 atom stereocenters. The minimum Gasteiger partial charge on any atom is -0.454 e. The van der Waals surface area contributed by atoms with E-state index in [1.807, 2.05) is 18.2 Å². The van der Waals surface area contributed by atoms with E-state index in [0.29, 0.717) is 5.82 Å². The van der Waals surface area contributed by atoms with Crippen LogP contribution >= 0.6 is 0 Å². The van der Waals surface area contributed by atoms with Crippen molar-refractivity contribution in [3.05, 3.63) is 212 Å². The fraction of sp³-hybridized carbons (Fsp3) is 0. The molecule has 272 valence electrons. The van der Waals surface area contributed by atoms with Gasteiger partial charge in [-0.05, 0) is 87.6 Å². The minimum absolute atomic E-state index is 0.674. The van der Waals surface area contributed by atoms with Crippen LogP contribution in [0, 0.1) is 0 Å². The van der Waals surface area contributed by atoms with Crippen molar-refractivity contribution in [3.63, 3.8) is 0 Å². The van der Waals surface area contributed by atoms with Gasteiger partial charge in [0.1, 0.15) is 5.58 Å². The first-order valence-corrected chi connectivity index (χ1v) is 19.6. The maximum Gasteiger partial charge on any atom is 0.160 e. The van der Waals surface area contributed by atoms with Gasteiger partial charge in [-0.3, -0.25) is 0 Å². The van der Waals surface area contributed by atoms with E-state index in [1.165, 1.54) is 11.1 Å². The molecule has 0 saturated heterocycles. The molecule has 0 saturated carbocycles. The molecule has 0 N–H and O–H groups in total. The number of nitrogens with zero attached hydrogens (tertiary/aromatic N) is 3. The molecule has 0 radical (unpaired) electrons. The number of hydrogen-bond acceptors (Lipinski definition) is 4. The van der Waals surface area contributed by atoms with Crippen molar-refractivity contribution in [2.24, 2.45) is 0 Å². The molecule has 9 aromatic carbocycles. The first-order chi connectivity index (χ1) is 28.7. The van der Waals surface area contributed by atoms with Crippen molar-refractivity contribution in [2.45, 2.75) is 0 Å². The highest BCUT2D eigenvalue weighted by Crippen LogP contribution is 2.46. The number of fused-ring (bicyclic) bond motifs is 6. The van der Waals surface area contributed by atoms with Gasteiger partial charge in [0, 0.05) is 38.7 Å². The summed E-state index contributed by atoms with van der Waals surface area (Å²) in [5.41, 5.74) is 13.1. The van der Waals surface area contributed by atoms with Crippen molar-refractivity contribution in [2.75, 3.05) is 4.90 Å². The van der Waals surface area contributed by atoms with Gasteiger partial charge in [0.2, 0.25) is 0 Å². The Kier molecular flexibility index (Phi) is 8.11. The molecule has 0 spiro atoms. The van der Waals surface area contributed by atoms with Crippen molar-refractivity contribution in [1.82, 2.24) is 9.97 Å². The van der Waals surface area contributed by atoms with Gasteiger partial charge in [-0.15, -0.1) is 0 Å². The van der Waals surface area contributed by atoms with Gasteiger partial charge in [0.25, 0.3) is 0 Å². The van der Waals surface area contributed by atoms with E-state index < -0.39 is 0 Å². The Morgan fingerprint density at radius 2 is 0.897 bits per heavy atom. The monoisotopic (exact) mass is 741 g/mol. The van der Waals surface area contributed by atoms with Gasteiger partial charge in [-0.1, -0.05) is 158 Å². The predicted octanol–water partition coefficient (Wildman–Crippen LogP) is 14.8. The second-order valence-corrected chi connectivity index (χ2v) is 14.6. The summed E-state index contributed by atoms with van der Waals surface area (Å²) in [5.74, 6) is 0.674. The van der Waals surface area contributed by atoms with Crippen molar-refractivity contribution in [3.8, 4) is 44.9 Å². The lowest BCUT2D eigenvalue weighted by atomic mass is 9.99. The molecule has 2 aromatic heterocycles. The average molecular weight is 742 g/mol. The number of hydrogen-bond donors (Lipinski definition) is 0. The van der Waals surface area contributed by atoms with Crippen LogP contribution in [0.3, 0.4) is 0 Å². The second-order valence-electron chi connectivity index (χ2n) is 14.6. The van der Waals surface area contributed by atoms with E-state index in [4.69, 9.17) is 14.4 Å². The highest BCUT2D eigenvalue weighted by molar-refractivity contribution is 6.23. The third-order valence-electron chi connectivity index (χ3n) is 11.1. The zero-order valence-electron chi connectivity index (χ0n) is 31.5. The van der Waals surface area contributed by atoms with Crippen LogP contribution in [0.4, 0.5) is 17.1 Å². The number of rotatable bonds is 7. The Labute approximate surface area is 335 Å². The molecule has 4 heteroatoms. The molecular formula is C54H35N3O. The summed E-state index contributed by atoms with van der Waals surface area (Å²) in [6.07, 6.45) is 0. The van der Waals surface area contributed by atoms with Crippen LogP contribution in [-0.4, -0.2) is 9.97 Å². The van der Waals surface area contributed by atoms with Crippen molar-refractivity contribution in [1.29, 1.82) is 0 Å². The largest absolute Gasteiger partial charge is 0.454 e. The number of furan rings is 1. The van der Waals surface area contributed by atoms with Gasteiger partial charge >= 0.3 is 0 Å². The second kappa shape index (κ2) is 14.0. The van der Waals surface area contributed by atoms with E-state index in [9.17, 15) is 0 Å². The van der Waals surface area contributed by atoms with Crippen molar-refractivity contribution < 1.29 is 4.42 Å². The Balaban J connectivity index is 1.12. The maximum absolute atomic E-state index is 6.97. The van der Waals surface area contributed by atoms with E-state index in [1.54, 1.807) is 0 Å². The summed E-state index contributed by atoms with van der Waals surface area (Å²) in [7, 11) is 0.